The zero-order chi connectivity index (χ0) is 10.1. The highest BCUT2D eigenvalue weighted by Crippen LogP contribution is 2.28. The molecule has 0 bridgehead atoms. The molecule has 1 aliphatic rings. The van der Waals surface area contributed by atoms with Crippen LogP contribution in [0, 0.1) is 0 Å². The van der Waals surface area contributed by atoms with Gasteiger partial charge in [0.1, 0.15) is 0 Å². The molecule has 1 aromatic heterocycles. The summed E-state index contributed by atoms with van der Waals surface area (Å²) in [6.45, 7) is 1.08. The third kappa shape index (κ3) is 1.81. The average molecular weight is 194 g/mol. The highest BCUT2D eigenvalue weighted by molar-refractivity contribution is 5.12. The normalized spacial score (nSPS) is 29.4. The molecule has 2 heterocycles. The van der Waals surface area contributed by atoms with Crippen LogP contribution in [-0.4, -0.2) is 34.3 Å². The van der Waals surface area contributed by atoms with E-state index in [0.717, 1.165) is 19.4 Å². The summed E-state index contributed by atoms with van der Waals surface area (Å²) in [4.78, 5) is 2.36. The molecule has 0 aromatic carbocycles. The summed E-state index contributed by atoms with van der Waals surface area (Å²) < 4.78 is 1.85. The van der Waals surface area contributed by atoms with Gasteiger partial charge in [-0.1, -0.05) is 0 Å². The highest BCUT2D eigenvalue weighted by atomic mass is 15.2. The van der Waals surface area contributed by atoms with Crippen molar-refractivity contribution >= 4 is 0 Å². The molecule has 2 atom stereocenters. The first-order valence-corrected chi connectivity index (χ1v) is 5.11. The lowest BCUT2D eigenvalue weighted by Crippen LogP contribution is -2.39. The molecule has 78 valence electrons. The summed E-state index contributed by atoms with van der Waals surface area (Å²) in [5.74, 6) is 0. The maximum absolute atomic E-state index is 5.98. The van der Waals surface area contributed by atoms with Crippen LogP contribution in [0.3, 0.4) is 0 Å². The van der Waals surface area contributed by atoms with Crippen molar-refractivity contribution in [2.24, 2.45) is 12.8 Å². The molecular formula is C10H18N4. The first kappa shape index (κ1) is 9.68. The lowest BCUT2D eigenvalue weighted by Gasteiger charge is -2.35. The zero-order valence-electron chi connectivity index (χ0n) is 8.85. The average Bonchev–Trinajstić information content (AvgIpc) is 2.56. The van der Waals surface area contributed by atoms with Gasteiger partial charge in [0, 0.05) is 30.9 Å². The van der Waals surface area contributed by atoms with Crippen LogP contribution in [0.25, 0.3) is 0 Å². The van der Waals surface area contributed by atoms with Crippen LogP contribution in [-0.2, 0) is 7.05 Å². The van der Waals surface area contributed by atoms with Crippen LogP contribution in [0.5, 0.6) is 0 Å². The van der Waals surface area contributed by atoms with E-state index in [0.29, 0.717) is 12.1 Å². The van der Waals surface area contributed by atoms with E-state index in [1.54, 1.807) is 0 Å². The first-order valence-electron chi connectivity index (χ1n) is 5.11. The van der Waals surface area contributed by atoms with Gasteiger partial charge < -0.3 is 5.73 Å². The molecule has 0 amide bonds. The van der Waals surface area contributed by atoms with Gasteiger partial charge in [-0.25, -0.2) is 0 Å². The van der Waals surface area contributed by atoms with Crippen molar-refractivity contribution in [3.63, 3.8) is 0 Å². The minimum atomic E-state index is 0.344. The quantitative estimate of drug-likeness (QED) is 0.708. The maximum atomic E-state index is 5.98. The molecule has 0 radical (unpaired) electrons. The molecule has 1 aliphatic heterocycles. The van der Waals surface area contributed by atoms with E-state index in [1.807, 2.05) is 17.9 Å². The number of rotatable bonds is 1. The van der Waals surface area contributed by atoms with Crippen LogP contribution >= 0.6 is 0 Å². The third-order valence-corrected chi connectivity index (χ3v) is 3.02. The third-order valence-electron chi connectivity index (χ3n) is 3.02. The summed E-state index contributed by atoms with van der Waals surface area (Å²) >= 11 is 0. The second-order valence-electron chi connectivity index (χ2n) is 4.23. The van der Waals surface area contributed by atoms with Crippen LogP contribution in [0.1, 0.15) is 24.4 Å². The van der Waals surface area contributed by atoms with E-state index in [-0.39, 0.29) is 0 Å². The predicted molar refractivity (Wildman–Crippen MR) is 55.8 cm³/mol. The van der Waals surface area contributed by atoms with E-state index in [2.05, 4.69) is 23.2 Å². The van der Waals surface area contributed by atoms with Crippen molar-refractivity contribution < 1.29 is 0 Å². The van der Waals surface area contributed by atoms with Crippen LogP contribution in [0.4, 0.5) is 0 Å². The Hall–Kier alpha value is -0.870. The van der Waals surface area contributed by atoms with Gasteiger partial charge in [-0.15, -0.1) is 0 Å². The second-order valence-corrected chi connectivity index (χ2v) is 4.23. The number of hydrogen-bond donors (Lipinski definition) is 1. The lowest BCUT2D eigenvalue weighted by molar-refractivity contribution is 0.171. The molecule has 1 saturated heterocycles. The van der Waals surface area contributed by atoms with Crippen molar-refractivity contribution in [3.8, 4) is 0 Å². The Morgan fingerprint density at radius 1 is 1.50 bits per heavy atom. The van der Waals surface area contributed by atoms with Crippen LogP contribution in [0.15, 0.2) is 12.4 Å². The molecule has 2 N–H and O–H groups in total. The second kappa shape index (κ2) is 3.71. The minimum absolute atomic E-state index is 0.344. The molecule has 0 saturated carbocycles. The summed E-state index contributed by atoms with van der Waals surface area (Å²) in [6.07, 6.45) is 6.17. The van der Waals surface area contributed by atoms with E-state index in [1.165, 1.54) is 5.56 Å². The fourth-order valence-corrected chi connectivity index (χ4v) is 2.11. The fourth-order valence-electron chi connectivity index (χ4n) is 2.11. The van der Waals surface area contributed by atoms with Gasteiger partial charge in [-0.3, -0.25) is 9.58 Å². The largest absolute Gasteiger partial charge is 0.328 e. The van der Waals surface area contributed by atoms with Crippen molar-refractivity contribution in [2.45, 2.75) is 24.9 Å². The number of aryl methyl sites for hydroxylation is 1. The Bertz CT molecular complexity index is 307. The molecule has 1 fully saturated rings. The molecule has 2 unspecified atom stereocenters. The van der Waals surface area contributed by atoms with Crippen molar-refractivity contribution in [3.05, 3.63) is 18.0 Å². The standard InChI is InChI=1S/C10H18N4/c1-13-4-3-9(11)5-10(13)8-6-12-14(2)7-8/h6-7,9-10H,3-5,11H2,1-2H3. The van der Waals surface area contributed by atoms with Gasteiger partial charge >= 0.3 is 0 Å². The summed E-state index contributed by atoms with van der Waals surface area (Å²) in [7, 11) is 4.11. The maximum Gasteiger partial charge on any atom is 0.0537 e. The monoisotopic (exact) mass is 194 g/mol. The Labute approximate surface area is 84.7 Å². The van der Waals surface area contributed by atoms with E-state index < -0.39 is 0 Å². The SMILES string of the molecule is CN1CCC(N)CC1c1cnn(C)c1. The number of likely N-dealkylation sites (tertiary alicyclic amines) is 1. The Morgan fingerprint density at radius 3 is 2.93 bits per heavy atom. The predicted octanol–water partition coefficient (Wildman–Crippen LogP) is 0.514. The smallest absolute Gasteiger partial charge is 0.0537 e. The van der Waals surface area contributed by atoms with Gasteiger partial charge in [-0.2, -0.15) is 5.10 Å². The van der Waals surface area contributed by atoms with Crippen LogP contribution in [0.2, 0.25) is 0 Å². The van der Waals surface area contributed by atoms with E-state index in [9.17, 15) is 0 Å². The topological polar surface area (TPSA) is 47.1 Å². The molecular weight excluding hydrogens is 176 g/mol. The summed E-state index contributed by atoms with van der Waals surface area (Å²) in [6, 6.07) is 0.795. The number of piperidine rings is 1. The van der Waals surface area contributed by atoms with Crippen LogP contribution < -0.4 is 5.73 Å². The lowest BCUT2D eigenvalue weighted by atomic mass is 9.95. The Balaban J connectivity index is 2.15. The number of hydrogen-bond acceptors (Lipinski definition) is 3. The van der Waals surface area contributed by atoms with Crippen molar-refractivity contribution in [1.82, 2.24) is 14.7 Å². The van der Waals surface area contributed by atoms with Gasteiger partial charge in [-0.05, 0) is 26.4 Å². The summed E-state index contributed by atoms with van der Waals surface area (Å²) in [5, 5.41) is 4.20. The Kier molecular flexibility index (Phi) is 2.56. The summed E-state index contributed by atoms with van der Waals surface area (Å²) in [5.41, 5.74) is 7.26. The highest BCUT2D eigenvalue weighted by Gasteiger charge is 2.25. The number of nitrogens with zero attached hydrogens (tertiary/aromatic N) is 3. The molecule has 14 heavy (non-hydrogen) atoms. The van der Waals surface area contributed by atoms with Gasteiger partial charge in [0.25, 0.3) is 0 Å². The molecule has 2 rings (SSSR count). The molecule has 0 aliphatic carbocycles. The minimum Gasteiger partial charge on any atom is -0.328 e. The molecule has 4 nitrogen and oxygen atoms in total. The van der Waals surface area contributed by atoms with Crippen molar-refractivity contribution in [2.75, 3.05) is 13.6 Å². The van der Waals surface area contributed by atoms with Gasteiger partial charge in [0.2, 0.25) is 0 Å². The van der Waals surface area contributed by atoms with Gasteiger partial charge in [0.15, 0.2) is 0 Å². The van der Waals surface area contributed by atoms with E-state index in [4.69, 9.17) is 5.73 Å². The number of aromatic nitrogens is 2. The first-order chi connectivity index (χ1) is 6.66. The molecule has 0 spiro atoms. The van der Waals surface area contributed by atoms with Crippen molar-refractivity contribution in [1.29, 1.82) is 0 Å². The molecule has 1 aromatic rings. The van der Waals surface area contributed by atoms with E-state index >= 15 is 0 Å². The van der Waals surface area contributed by atoms with Gasteiger partial charge in [0.05, 0.1) is 6.20 Å². The number of nitrogens with two attached hydrogens (primary N) is 1. The zero-order valence-corrected chi connectivity index (χ0v) is 8.85. The fraction of sp³-hybridized carbons (Fsp3) is 0.700. The molecule has 4 heteroatoms. The Morgan fingerprint density at radius 2 is 2.29 bits per heavy atom.